The molecule has 3 N–H and O–H groups in total. The zero-order chi connectivity index (χ0) is 22.5. The number of benzene rings is 2. The monoisotopic (exact) mass is 433 g/mol. The summed E-state index contributed by atoms with van der Waals surface area (Å²) in [5.74, 6) is 5.89. The number of hydrogen-bond acceptors (Lipinski definition) is 4. The van der Waals surface area contributed by atoms with Gasteiger partial charge in [-0.05, 0) is 56.1 Å². The summed E-state index contributed by atoms with van der Waals surface area (Å²) in [7, 11) is 0. The van der Waals surface area contributed by atoms with E-state index in [0.29, 0.717) is 6.54 Å². The third-order valence-corrected chi connectivity index (χ3v) is 6.40. The molecule has 0 aliphatic carbocycles. The number of nitrogens with one attached hydrogen (secondary N) is 1. The molecule has 168 valence electrons. The lowest BCUT2D eigenvalue weighted by molar-refractivity contribution is -0.0585. The van der Waals surface area contributed by atoms with Gasteiger partial charge >= 0.3 is 6.03 Å². The molecule has 6 nitrogen and oxygen atoms in total. The number of hydrogen-bond donors (Lipinski definition) is 3. The van der Waals surface area contributed by atoms with Crippen molar-refractivity contribution < 1.29 is 15.0 Å². The molecule has 0 saturated carbocycles. The van der Waals surface area contributed by atoms with E-state index in [1.807, 2.05) is 47.4 Å². The molecule has 0 unspecified atom stereocenters. The van der Waals surface area contributed by atoms with Crippen molar-refractivity contribution in [3.05, 3.63) is 65.7 Å². The first kappa shape index (κ1) is 22.3. The number of anilines is 1. The molecular weight excluding hydrogens is 402 g/mol. The molecule has 32 heavy (non-hydrogen) atoms. The number of aliphatic hydroxyl groups excluding tert-OH is 2. The van der Waals surface area contributed by atoms with Crippen molar-refractivity contribution in [3.8, 4) is 11.8 Å². The Bertz CT molecular complexity index is 965. The number of urea groups is 1. The van der Waals surface area contributed by atoms with Crippen LogP contribution in [0.5, 0.6) is 0 Å². The highest BCUT2D eigenvalue weighted by molar-refractivity contribution is 5.89. The van der Waals surface area contributed by atoms with Crippen molar-refractivity contribution in [2.45, 2.75) is 43.9 Å². The van der Waals surface area contributed by atoms with Crippen LogP contribution in [0.1, 0.15) is 36.8 Å². The number of rotatable bonds is 3. The Labute approximate surface area is 189 Å². The molecule has 2 heterocycles. The highest BCUT2D eigenvalue weighted by Crippen LogP contribution is 2.42. The smallest absolute Gasteiger partial charge is 0.321 e. The topological polar surface area (TPSA) is 76.0 Å². The fraction of sp³-hybridized carbons (Fsp3) is 0.423. The summed E-state index contributed by atoms with van der Waals surface area (Å²) in [5, 5.41) is 22.5. The molecule has 0 aromatic heterocycles. The zero-order valence-electron chi connectivity index (χ0n) is 18.4. The first-order valence-corrected chi connectivity index (χ1v) is 11.3. The summed E-state index contributed by atoms with van der Waals surface area (Å²) in [5.41, 5.74) is 2.80. The van der Waals surface area contributed by atoms with Crippen molar-refractivity contribution in [1.29, 1.82) is 0 Å². The van der Waals surface area contributed by atoms with Gasteiger partial charge in [0.2, 0.25) is 0 Å². The van der Waals surface area contributed by atoms with Gasteiger partial charge in [0.1, 0.15) is 6.10 Å². The molecule has 0 radical (unpaired) electrons. The average Bonchev–Trinajstić information content (AvgIpc) is 2.78. The van der Waals surface area contributed by atoms with Crippen molar-refractivity contribution >= 4 is 11.7 Å². The summed E-state index contributed by atoms with van der Waals surface area (Å²) < 4.78 is 0. The predicted octanol–water partition coefficient (Wildman–Crippen LogP) is 2.88. The molecule has 0 spiro atoms. The lowest BCUT2D eigenvalue weighted by Gasteiger charge is -2.57. The largest absolute Gasteiger partial charge is 0.395 e. The van der Waals surface area contributed by atoms with Gasteiger partial charge in [0.25, 0.3) is 0 Å². The molecule has 2 saturated heterocycles. The Morgan fingerprint density at radius 2 is 1.84 bits per heavy atom. The molecule has 2 aromatic carbocycles. The summed E-state index contributed by atoms with van der Waals surface area (Å²) in [4.78, 5) is 17.3. The molecule has 2 amide bonds. The maximum Gasteiger partial charge on any atom is 0.321 e. The molecule has 6 heteroatoms. The maximum atomic E-state index is 13.0. The Kier molecular flexibility index (Phi) is 7.11. The quantitative estimate of drug-likeness (QED) is 0.651. The number of nitrogens with zero attached hydrogens (tertiary/aromatic N) is 2. The van der Waals surface area contributed by atoms with Crippen LogP contribution in [0, 0.1) is 11.8 Å². The van der Waals surface area contributed by atoms with E-state index in [4.69, 9.17) is 0 Å². The van der Waals surface area contributed by atoms with E-state index in [2.05, 4.69) is 34.2 Å². The molecule has 2 aliphatic heterocycles. The van der Waals surface area contributed by atoms with Crippen molar-refractivity contribution in [1.82, 2.24) is 9.80 Å². The van der Waals surface area contributed by atoms with Gasteiger partial charge in [-0.25, -0.2) is 4.79 Å². The molecule has 2 fully saturated rings. The first-order chi connectivity index (χ1) is 15.6. The van der Waals surface area contributed by atoms with Crippen molar-refractivity contribution in [2.24, 2.45) is 0 Å². The average molecular weight is 434 g/mol. The molecule has 2 aliphatic rings. The minimum atomic E-state index is -0.656. The van der Waals surface area contributed by atoms with E-state index >= 15 is 0 Å². The number of fused-ring (bicyclic) bond motifs is 1. The van der Waals surface area contributed by atoms with Crippen LogP contribution >= 0.6 is 0 Å². The van der Waals surface area contributed by atoms with Crippen LogP contribution in [0.3, 0.4) is 0 Å². The fourth-order valence-electron chi connectivity index (χ4n) is 4.83. The highest BCUT2D eigenvalue weighted by Gasteiger charge is 2.49. The van der Waals surface area contributed by atoms with Crippen LogP contribution in [-0.2, 0) is 0 Å². The van der Waals surface area contributed by atoms with Crippen LogP contribution in [0.4, 0.5) is 10.5 Å². The summed E-state index contributed by atoms with van der Waals surface area (Å²) >= 11 is 0. The van der Waals surface area contributed by atoms with E-state index in [0.717, 1.165) is 42.7 Å². The van der Waals surface area contributed by atoms with Crippen LogP contribution in [0.2, 0.25) is 0 Å². The van der Waals surface area contributed by atoms with Gasteiger partial charge in [-0.15, -0.1) is 0 Å². The normalized spacial score (nSPS) is 24.1. The summed E-state index contributed by atoms with van der Waals surface area (Å²) in [6, 6.07) is 17.7. The second kappa shape index (κ2) is 10.2. The van der Waals surface area contributed by atoms with E-state index in [1.165, 1.54) is 0 Å². The van der Waals surface area contributed by atoms with Gasteiger partial charge in [-0.3, -0.25) is 4.90 Å². The fourth-order valence-corrected chi connectivity index (χ4v) is 4.83. The summed E-state index contributed by atoms with van der Waals surface area (Å²) in [6.07, 6.45) is 1.30. The van der Waals surface area contributed by atoms with Gasteiger partial charge in [0.15, 0.2) is 0 Å². The Balaban J connectivity index is 1.51. The third kappa shape index (κ3) is 4.97. The number of carbonyl (C=O) groups is 1. The number of para-hydroxylation sites is 1. The van der Waals surface area contributed by atoms with Crippen molar-refractivity contribution in [3.63, 3.8) is 0 Å². The maximum absolute atomic E-state index is 13.0. The van der Waals surface area contributed by atoms with Crippen LogP contribution in [0.25, 0.3) is 0 Å². The van der Waals surface area contributed by atoms with Gasteiger partial charge in [-0.1, -0.05) is 42.2 Å². The molecule has 4 rings (SSSR count). The Morgan fingerprint density at radius 3 is 2.53 bits per heavy atom. The van der Waals surface area contributed by atoms with E-state index in [-0.39, 0.29) is 30.6 Å². The molecule has 4 atom stereocenters. The van der Waals surface area contributed by atoms with Crippen LogP contribution in [-0.4, -0.2) is 70.5 Å². The van der Waals surface area contributed by atoms with Gasteiger partial charge in [-0.2, -0.15) is 0 Å². The second-order valence-corrected chi connectivity index (χ2v) is 8.60. The van der Waals surface area contributed by atoms with Crippen LogP contribution < -0.4 is 5.32 Å². The molecule has 2 aromatic rings. The SMILES string of the molecule is C[C@@H](O)C#Cc1ccc([C@H]2[C@@H](CO)N3CCCCN(C(=O)Nc4ccccc4)C[C@H]23)cc1. The van der Waals surface area contributed by atoms with Gasteiger partial charge < -0.3 is 20.4 Å². The lowest BCUT2D eigenvalue weighted by atomic mass is 9.74. The second-order valence-electron chi connectivity index (χ2n) is 8.60. The number of carbonyl (C=O) groups excluding carboxylic acids is 1. The van der Waals surface area contributed by atoms with E-state index in [1.54, 1.807) is 6.92 Å². The first-order valence-electron chi connectivity index (χ1n) is 11.3. The number of aliphatic hydroxyl groups is 2. The van der Waals surface area contributed by atoms with Crippen LogP contribution in [0.15, 0.2) is 54.6 Å². The van der Waals surface area contributed by atoms with E-state index < -0.39 is 6.10 Å². The van der Waals surface area contributed by atoms with E-state index in [9.17, 15) is 15.0 Å². The lowest BCUT2D eigenvalue weighted by Crippen LogP contribution is -2.68. The Hall–Kier alpha value is -2.85. The number of amides is 2. The standard InChI is InChI=1S/C26H31N3O3/c1-19(31)9-10-20-11-13-21(14-12-20)25-23-17-28(15-5-6-16-29(23)24(25)18-30)26(32)27-22-7-3-2-4-8-22/h2-4,7-8,11-14,19,23-25,30-31H,5-6,15-18H2,1H3,(H,27,32)/t19-,23-,24-,25-/m1/s1. The third-order valence-electron chi connectivity index (χ3n) is 6.40. The minimum absolute atomic E-state index is 0.0616. The Morgan fingerprint density at radius 1 is 1.12 bits per heavy atom. The molecule has 0 bridgehead atoms. The van der Waals surface area contributed by atoms with Gasteiger partial charge in [0, 0.05) is 42.3 Å². The summed E-state index contributed by atoms with van der Waals surface area (Å²) in [6.45, 7) is 4.04. The van der Waals surface area contributed by atoms with Crippen molar-refractivity contribution in [2.75, 3.05) is 31.6 Å². The minimum Gasteiger partial charge on any atom is -0.395 e. The zero-order valence-corrected chi connectivity index (χ0v) is 18.4. The molecular formula is C26H31N3O3. The predicted molar refractivity (Wildman–Crippen MR) is 125 cm³/mol. The van der Waals surface area contributed by atoms with Gasteiger partial charge in [0.05, 0.1) is 6.61 Å². The highest BCUT2D eigenvalue weighted by atomic mass is 16.3.